The van der Waals surface area contributed by atoms with Gasteiger partial charge in [-0.3, -0.25) is 9.59 Å². The second-order valence-electron chi connectivity index (χ2n) is 3.78. The minimum Gasteiger partial charge on any atom is -0.496 e. The fourth-order valence-corrected chi connectivity index (χ4v) is 1.50. The smallest absolute Gasteiger partial charge is 0.216 e. The van der Waals surface area contributed by atoms with Crippen LogP contribution < -0.4 is 15.4 Å². The van der Waals surface area contributed by atoms with Crippen molar-refractivity contribution in [1.29, 1.82) is 0 Å². The van der Waals surface area contributed by atoms with Crippen LogP contribution in [0, 0.1) is 0 Å². The van der Waals surface area contributed by atoms with Crippen LogP contribution in [0.3, 0.4) is 0 Å². The standard InChI is InChI=1S/C13H18N2O3/c1-10(16)15-8-7-14-9-12(17)11-5-3-4-6-13(11)18-2/h3-6,14H,7-9H2,1-2H3,(H,15,16). The summed E-state index contributed by atoms with van der Waals surface area (Å²) in [4.78, 5) is 22.5. The number of methoxy groups -OCH3 is 1. The van der Waals surface area contributed by atoms with Crippen molar-refractivity contribution < 1.29 is 14.3 Å². The molecule has 0 saturated heterocycles. The van der Waals surface area contributed by atoms with Gasteiger partial charge in [0, 0.05) is 20.0 Å². The molecule has 5 heteroatoms. The summed E-state index contributed by atoms with van der Waals surface area (Å²) in [5.41, 5.74) is 0.562. The average molecular weight is 250 g/mol. The molecule has 0 fully saturated rings. The summed E-state index contributed by atoms with van der Waals surface area (Å²) in [5.74, 6) is 0.467. The zero-order valence-electron chi connectivity index (χ0n) is 10.7. The topological polar surface area (TPSA) is 67.4 Å². The van der Waals surface area contributed by atoms with Crippen LogP contribution in [0.2, 0.25) is 0 Å². The third kappa shape index (κ3) is 4.55. The maximum absolute atomic E-state index is 11.9. The molecule has 0 saturated carbocycles. The summed E-state index contributed by atoms with van der Waals surface area (Å²) in [6.45, 7) is 2.74. The predicted molar refractivity (Wildman–Crippen MR) is 68.9 cm³/mol. The molecule has 0 heterocycles. The van der Waals surface area contributed by atoms with Crippen molar-refractivity contribution in [2.45, 2.75) is 6.92 Å². The molecule has 1 amide bonds. The van der Waals surface area contributed by atoms with Crippen molar-refractivity contribution in [3.8, 4) is 5.75 Å². The van der Waals surface area contributed by atoms with Gasteiger partial charge in [0.1, 0.15) is 5.75 Å². The summed E-state index contributed by atoms with van der Waals surface area (Å²) in [6, 6.07) is 7.11. The number of ether oxygens (including phenoxy) is 1. The van der Waals surface area contributed by atoms with Gasteiger partial charge in [-0.05, 0) is 12.1 Å². The number of Topliss-reactive ketones (excluding diaryl/α,β-unsaturated/α-hetero) is 1. The summed E-state index contributed by atoms with van der Waals surface area (Å²) in [7, 11) is 1.54. The third-order valence-corrected chi connectivity index (χ3v) is 2.37. The number of carbonyl (C=O) groups is 2. The molecule has 0 bridgehead atoms. The van der Waals surface area contributed by atoms with E-state index in [0.29, 0.717) is 24.4 Å². The van der Waals surface area contributed by atoms with E-state index < -0.39 is 0 Å². The molecule has 98 valence electrons. The molecule has 0 aliphatic carbocycles. The molecular weight excluding hydrogens is 232 g/mol. The van der Waals surface area contributed by atoms with Crippen molar-refractivity contribution in [3.63, 3.8) is 0 Å². The van der Waals surface area contributed by atoms with E-state index in [1.807, 2.05) is 6.07 Å². The quantitative estimate of drug-likeness (QED) is 0.549. The number of carbonyl (C=O) groups excluding carboxylic acids is 2. The number of amides is 1. The molecule has 18 heavy (non-hydrogen) atoms. The first-order valence-corrected chi connectivity index (χ1v) is 5.76. The minimum absolute atomic E-state index is 0.0322. The Kier molecular flexibility index (Phi) is 5.87. The van der Waals surface area contributed by atoms with Crippen molar-refractivity contribution >= 4 is 11.7 Å². The lowest BCUT2D eigenvalue weighted by Gasteiger charge is -2.08. The molecule has 5 nitrogen and oxygen atoms in total. The molecule has 1 aromatic carbocycles. The second-order valence-corrected chi connectivity index (χ2v) is 3.78. The van der Waals surface area contributed by atoms with Gasteiger partial charge in [-0.25, -0.2) is 0 Å². The Bertz CT molecular complexity index is 418. The van der Waals surface area contributed by atoms with E-state index >= 15 is 0 Å². The monoisotopic (exact) mass is 250 g/mol. The van der Waals surface area contributed by atoms with Gasteiger partial charge in [0.2, 0.25) is 5.91 Å². The van der Waals surface area contributed by atoms with Crippen LogP contribution in [0.25, 0.3) is 0 Å². The van der Waals surface area contributed by atoms with Crippen molar-refractivity contribution in [1.82, 2.24) is 10.6 Å². The fourth-order valence-electron chi connectivity index (χ4n) is 1.50. The molecule has 0 unspecified atom stereocenters. The number of para-hydroxylation sites is 1. The van der Waals surface area contributed by atoms with E-state index in [1.165, 1.54) is 14.0 Å². The summed E-state index contributed by atoms with van der Waals surface area (Å²) < 4.78 is 5.12. The number of nitrogens with one attached hydrogen (secondary N) is 2. The van der Waals surface area contributed by atoms with Crippen LogP contribution in [0.15, 0.2) is 24.3 Å². The maximum Gasteiger partial charge on any atom is 0.216 e. The zero-order chi connectivity index (χ0) is 13.4. The third-order valence-electron chi connectivity index (χ3n) is 2.37. The Morgan fingerprint density at radius 1 is 1.22 bits per heavy atom. The molecule has 0 spiro atoms. The van der Waals surface area contributed by atoms with E-state index in [2.05, 4.69) is 10.6 Å². The molecule has 0 aliphatic rings. The van der Waals surface area contributed by atoms with Gasteiger partial charge in [-0.2, -0.15) is 0 Å². The molecule has 1 rings (SSSR count). The Morgan fingerprint density at radius 2 is 1.94 bits per heavy atom. The first-order chi connectivity index (χ1) is 8.65. The van der Waals surface area contributed by atoms with Crippen molar-refractivity contribution in [2.75, 3.05) is 26.7 Å². The fraction of sp³-hybridized carbons (Fsp3) is 0.385. The first kappa shape index (κ1) is 14.2. The van der Waals surface area contributed by atoms with Gasteiger partial charge < -0.3 is 15.4 Å². The predicted octanol–water partition coefficient (Wildman–Crippen LogP) is 0.604. The highest BCUT2D eigenvalue weighted by Gasteiger charge is 2.10. The van der Waals surface area contributed by atoms with Crippen LogP contribution in [-0.2, 0) is 4.79 Å². The van der Waals surface area contributed by atoms with Gasteiger partial charge in [0.25, 0.3) is 0 Å². The minimum atomic E-state index is -0.0761. The van der Waals surface area contributed by atoms with Gasteiger partial charge in [-0.15, -0.1) is 0 Å². The van der Waals surface area contributed by atoms with Crippen LogP contribution in [-0.4, -0.2) is 38.4 Å². The van der Waals surface area contributed by atoms with Gasteiger partial charge in [0.15, 0.2) is 5.78 Å². The Labute approximate surface area is 107 Å². The Hall–Kier alpha value is -1.88. The van der Waals surface area contributed by atoms with Gasteiger partial charge >= 0.3 is 0 Å². The number of benzene rings is 1. The molecule has 1 aromatic rings. The number of hydrogen-bond acceptors (Lipinski definition) is 4. The maximum atomic E-state index is 11.9. The lowest BCUT2D eigenvalue weighted by atomic mass is 10.1. The van der Waals surface area contributed by atoms with Crippen LogP contribution in [0.4, 0.5) is 0 Å². The highest BCUT2D eigenvalue weighted by atomic mass is 16.5. The Balaban J connectivity index is 2.38. The molecule has 0 aliphatic heterocycles. The van der Waals surface area contributed by atoms with E-state index in [0.717, 1.165) is 0 Å². The van der Waals surface area contributed by atoms with E-state index in [4.69, 9.17) is 4.74 Å². The summed E-state index contributed by atoms with van der Waals surface area (Å²) >= 11 is 0. The Morgan fingerprint density at radius 3 is 2.61 bits per heavy atom. The first-order valence-electron chi connectivity index (χ1n) is 5.76. The number of rotatable bonds is 7. The molecule has 0 atom stereocenters. The second kappa shape index (κ2) is 7.45. The lowest BCUT2D eigenvalue weighted by molar-refractivity contribution is -0.118. The molecule has 0 aromatic heterocycles. The van der Waals surface area contributed by atoms with Crippen molar-refractivity contribution in [2.24, 2.45) is 0 Å². The number of ketones is 1. The normalized spacial score (nSPS) is 9.89. The van der Waals surface area contributed by atoms with Crippen LogP contribution in [0.1, 0.15) is 17.3 Å². The van der Waals surface area contributed by atoms with E-state index in [1.54, 1.807) is 18.2 Å². The highest BCUT2D eigenvalue weighted by molar-refractivity contribution is 6.00. The largest absolute Gasteiger partial charge is 0.496 e. The van der Waals surface area contributed by atoms with Gasteiger partial charge in [0.05, 0.1) is 19.2 Å². The van der Waals surface area contributed by atoms with E-state index in [-0.39, 0.29) is 18.2 Å². The average Bonchev–Trinajstić information content (AvgIpc) is 2.37. The van der Waals surface area contributed by atoms with E-state index in [9.17, 15) is 9.59 Å². The zero-order valence-corrected chi connectivity index (χ0v) is 10.7. The number of hydrogen-bond donors (Lipinski definition) is 2. The van der Waals surface area contributed by atoms with Crippen LogP contribution in [0.5, 0.6) is 5.75 Å². The molecule has 2 N–H and O–H groups in total. The van der Waals surface area contributed by atoms with Crippen molar-refractivity contribution in [3.05, 3.63) is 29.8 Å². The molecular formula is C13H18N2O3. The summed E-state index contributed by atoms with van der Waals surface area (Å²) in [6.07, 6.45) is 0. The summed E-state index contributed by atoms with van der Waals surface area (Å²) in [5, 5.41) is 5.61. The SMILES string of the molecule is COc1ccccc1C(=O)CNCCNC(C)=O. The van der Waals surface area contributed by atoms with Crippen LogP contribution >= 0.6 is 0 Å². The lowest BCUT2D eigenvalue weighted by Crippen LogP contribution is -2.33. The van der Waals surface area contributed by atoms with Gasteiger partial charge in [-0.1, -0.05) is 12.1 Å². The highest BCUT2D eigenvalue weighted by Crippen LogP contribution is 2.17. The molecule has 0 radical (unpaired) electrons.